The number of hydrogen-bond donors (Lipinski definition) is 1. The van der Waals surface area contributed by atoms with Crippen LogP contribution in [0, 0.1) is 0 Å². The van der Waals surface area contributed by atoms with E-state index in [-0.39, 0.29) is 34.7 Å². The lowest BCUT2D eigenvalue weighted by Crippen LogP contribution is -2.40. The smallest absolute Gasteiger partial charge is 0.257 e. The molecular weight excluding hydrogens is 440 g/mol. The number of anilines is 1. The minimum Gasteiger partial charge on any atom is -0.490 e. The molecule has 1 saturated carbocycles. The van der Waals surface area contributed by atoms with E-state index in [1.54, 1.807) is 18.2 Å². The molecule has 9 heteroatoms. The van der Waals surface area contributed by atoms with E-state index in [1.165, 1.54) is 35.3 Å². The molecule has 0 spiro atoms. The van der Waals surface area contributed by atoms with Gasteiger partial charge in [-0.1, -0.05) is 17.7 Å². The maximum atomic E-state index is 12.9. The van der Waals surface area contributed by atoms with Crippen LogP contribution in [-0.4, -0.2) is 51.0 Å². The van der Waals surface area contributed by atoms with E-state index in [9.17, 15) is 13.2 Å². The number of rotatable bonds is 6. The van der Waals surface area contributed by atoms with Crippen molar-refractivity contribution in [3.05, 3.63) is 53.1 Å². The highest BCUT2D eigenvalue weighted by Crippen LogP contribution is 2.27. The number of ether oxygens (including phenoxy) is 2. The van der Waals surface area contributed by atoms with Crippen molar-refractivity contribution in [1.29, 1.82) is 0 Å². The summed E-state index contributed by atoms with van der Waals surface area (Å²) in [7, 11) is -3.73. The molecule has 4 rings (SSSR count). The van der Waals surface area contributed by atoms with Crippen LogP contribution >= 0.6 is 11.6 Å². The third-order valence-electron chi connectivity index (χ3n) is 5.49. The molecule has 1 aliphatic heterocycles. The van der Waals surface area contributed by atoms with Crippen LogP contribution in [0.5, 0.6) is 5.75 Å². The SMILES string of the molecule is O=C(Nc1cccc(OC2CCCC2)c1)c1cc(S(=O)(=O)N2CCOCC2)ccc1Cl. The molecule has 0 atom stereocenters. The van der Waals surface area contributed by atoms with Crippen molar-refractivity contribution in [2.45, 2.75) is 36.7 Å². The van der Waals surface area contributed by atoms with Crippen LogP contribution in [0.1, 0.15) is 36.0 Å². The quantitative estimate of drug-likeness (QED) is 0.700. The Kier molecular flexibility index (Phi) is 6.81. The van der Waals surface area contributed by atoms with Gasteiger partial charge in [0.1, 0.15) is 5.75 Å². The van der Waals surface area contributed by atoms with Crippen molar-refractivity contribution in [1.82, 2.24) is 4.31 Å². The number of morpholine rings is 1. The molecule has 2 aromatic rings. The molecule has 1 saturated heterocycles. The Morgan fingerprint density at radius 3 is 2.58 bits per heavy atom. The highest BCUT2D eigenvalue weighted by Gasteiger charge is 2.27. The number of hydrogen-bond acceptors (Lipinski definition) is 5. The predicted molar refractivity (Wildman–Crippen MR) is 118 cm³/mol. The van der Waals surface area contributed by atoms with Crippen LogP contribution in [0.3, 0.4) is 0 Å². The van der Waals surface area contributed by atoms with Crippen molar-refractivity contribution in [3.8, 4) is 5.75 Å². The summed E-state index contributed by atoms with van der Waals surface area (Å²) in [4.78, 5) is 12.9. The molecule has 2 fully saturated rings. The molecule has 0 unspecified atom stereocenters. The van der Waals surface area contributed by atoms with E-state index in [1.807, 2.05) is 6.07 Å². The summed E-state index contributed by atoms with van der Waals surface area (Å²) in [6.07, 6.45) is 4.63. The summed E-state index contributed by atoms with van der Waals surface area (Å²) in [5.74, 6) is 0.210. The maximum absolute atomic E-state index is 12.9. The average molecular weight is 465 g/mol. The first-order chi connectivity index (χ1) is 14.9. The van der Waals surface area contributed by atoms with Gasteiger partial charge in [0.2, 0.25) is 10.0 Å². The van der Waals surface area contributed by atoms with Gasteiger partial charge in [0.05, 0.1) is 34.8 Å². The largest absolute Gasteiger partial charge is 0.490 e. The molecule has 1 heterocycles. The summed E-state index contributed by atoms with van der Waals surface area (Å²) in [6.45, 7) is 1.25. The Balaban J connectivity index is 1.51. The molecule has 0 radical (unpaired) electrons. The van der Waals surface area contributed by atoms with E-state index < -0.39 is 15.9 Å². The molecular formula is C22H25ClN2O5S. The first-order valence-electron chi connectivity index (χ1n) is 10.4. The van der Waals surface area contributed by atoms with E-state index in [0.29, 0.717) is 24.7 Å². The number of carbonyl (C=O) groups excluding carboxylic acids is 1. The number of sulfonamides is 1. The fourth-order valence-corrected chi connectivity index (χ4v) is 5.46. The van der Waals surface area contributed by atoms with Gasteiger partial charge in [0.15, 0.2) is 0 Å². The Labute approximate surface area is 187 Å². The van der Waals surface area contributed by atoms with Crippen LogP contribution in [0.15, 0.2) is 47.4 Å². The number of nitrogens with one attached hydrogen (secondary N) is 1. The standard InChI is InChI=1S/C22H25ClN2O5S/c23-21-9-8-19(31(27,28)25-10-12-29-13-11-25)15-20(21)22(26)24-16-4-3-7-18(14-16)30-17-5-1-2-6-17/h3-4,7-9,14-15,17H,1-2,5-6,10-13H2,(H,24,26). The van der Waals surface area contributed by atoms with Crippen molar-refractivity contribution in [3.63, 3.8) is 0 Å². The lowest BCUT2D eigenvalue weighted by atomic mass is 10.2. The molecule has 2 aromatic carbocycles. The molecule has 31 heavy (non-hydrogen) atoms. The van der Waals surface area contributed by atoms with Crippen LogP contribution in [0.4, 0.5) is 5.69 Å². The van der Waals surface area contributed by atoms with Gasteiger partial charge in [0.25, 0.3) is 5.91 Å². The summed E-state index contributed by atoms with van der Waals surface area (Å²) in [5.41, 5.74) is 0.649. The lowest BCUT2D eigenvalue weighted by Gasteiger charge is -2.26. The van der Waals surface area contributed by atoms with Crippen molar-refractivity contribution >= 4 is 33.2 Å². The Hall–Kier alpha value is -2.13. The van der Waals surface area contributed by atoms with Gasteiger partial charge in [-0.05, 0) is 56.0 Å². The third-order valence-corrected chi connectivity index (χ3v) is 7.71. The number of halogens is 1. The van der Waals surface area contributed by atoms with Gasteiger partial charge in [-0.3, -0.25) is 4.79 Å². The fourth-order valence-electron chi connectivity index (χ4n) is 3.82. The maximum Gasteiger partial charge on any atom is 0.257 e. The van der Waals surface area contributed by atoms with Gasteiger partial charge in [-0.25, -0.2) is 8.42 Å². The van der Waals surface area contributed by atoms with E-state index >= 15 is 0 Å². The van der Waals surface area contributed by atoms with E-state index in [2.05, 4.69) is 5.32 Å². The molecule has 166 valence electrons. The van der Waals surface area contributed by atoms with Gasteiger partial charge >= 0.3 is 0 Å². The second-order valence-corrected chi connectivity index (χ2v) is 10.0. The highest BCUT2D eigenvalue weighted by atomic mass is 35.5. The van der Waals surface area contributed by atoms with Gasteiger partial charge in [-0.2, -0.15) is 4.31 Å². The lowest BCUT2D eigenvalue weighted by molar-refractivity contribution is 0.0730. The number of nitrogens with zero attached hydrogens (tertiary/aromatic N) is 1. The molecule has 0 bridgehead atoms. The van der Waals surface area contributed by atoms with Gasteiger partial charge in [-0.15, -0.1) is 0 Å². The summed E-state index contributed by atoms with van der Waals surface area (Å²) in [6, 6.07) is 11.3. The zero-order chi connectivity index (χ0) is 21.8. The average Bonchev–Trinajstić information content (AvgIpc) is 3.28. The summed E-state index contributed by atoms with van der Waals surface area (Å²) < 4.78 is 38.4. The summed E-state index contributed by atoms with van der Waals surface area (Å²) >= 11 is 6.22. The normalized spacial score (nSPS) is 18.1. The summed E-state index contributed by atoms with van der Waals surface area (Å²) in [5, 5.41) is 2.97. The molecule has 2 aliphatic rings. The Bertz CT molecular complexity index is 1050. The Morgan fingerprint density at radius 1 is 1.10 bits per heavy atom. The minimum atomic E-state index is -3.73. The minimum absolute atomic E-state index is 0.0299. The van der Waals surface area contributed by atoms with E-state index in [0.717, 1.165) is 12.8 Å². The van der Waals surface area contributed by atoms with Crippen LogP contribution in [-0.2, 0) is 14.8 Å². The zero-order valence-corrected chi connectivity index (χ0v) is 18.6. The van der Waals surface area contributed by atoms with Crippen molar-refractivity contribution in [2.24, 2.45) is 0 Å². The third kappa shape index (κ3) is 5.20. The zero-order valence-electron chi connectivity index (χ0n) is 17.1. The fraction of sp³-hybridized carbons (Fsp3) is 0.409. The molecule has 7 nitrogen and oxygen atoms in total. The molecule has 1 N–H and O–H groups in total. The van der Waals surface area contributed by atoms with Gasteiger partial charge in [0, 0.05) is 24.8 Å². The molecule has 1 amide bonds. The van der Waals surface area contributed by atoms with Crippen LogP contribution in [0.25, 0.3) is 0 Å². The number of carbonyl (C=O) groups is 1. The van der Waals surface area contributed by atoms with Crippen LogP contribution in [0.2, 0.25) is 5.02 Å². The monoisotopic (exact) mass is 464 g/mol. The second-order valence-electron chi connectivity index (χ2n) is 7.66. The Morgan fingerprint density at radius 2 is 1.84 bits per heavy atom. The molecule has 1 aliphatic carbocycles. The predicted octanol–water partition coefficient (Wildman–Crippen LogP) is 3.93. The number of amides is 1. The number of benzene rings is 2. The topological polar surface area (TPSA) is 84.9 Å². The highest BCUT2D eigenvalue weighted by molar-refractivity contribution is 7.89. The second kappa shape index (κ2) is 9.56. The van der Waals surface area contributed by atoms with Gasteiger partial charge < -0.3 is 14.8 Å². The first kappa shape index (κ1) is 22.1. The molecule has 0 aromatic heterocycles. The van der Waals surface area contributed by atoms with E-state index in [4.69, 9.17) is 21.1 Å². The van der Waals surface area contributed by atoms with Crippen molar-refractivity contribution in [2.75, 3.05) is 31.6 Å². The van der Waals surface area contributed by atoms with Crippen LogP contribution < -0.4 is 10.1 Å². The van der Waals surface area contributed by atoms with Crippen molar-refractivity contribution < 1.29 is 22.7 Å². The first-order valence-corrected chi connectivity index (χ1v) is 12.2.